The summed E-state index contributed by atoms with van der Waals surface area (Å²) in [6.07, 6.45) is -0.699. The van der Waals surface area contributed by atoms with Crippen molar-refractivity contribution in [1.29, 1.82) is 0 Å². The number of fused-ring (bicyclic) bond motifs is 1. The molecule has 1 unspecified atom stereocenters. The molecule has 1 aromatic heterocycles. The van der Waals surface area contributed by atoms with Crippen LogP contribution in [0.1, 0.15) is 11.7 Å². The van der Waals surface area contributed by atoms with E-state index in [4.69, 9.17) is 11.6 Å². The van der Waals surface area contributed by atoms with E-state index < -0.39 is 6.10 Å². The molecule has 28 heavy (non-hydrogen) atoms. The topological polar surface area (TPSA) is 55.1 Å². The minimum absolute atomic E-state index is 0.125. The minimum Gasteiger partial charge on any atom is -0.388 e. The largest absolute Gasteiger partial charge is 0.388 e. The zero-order chi connectivity index (χ0) is 19.5. The number of aromatic nitrogens is 2. The van der Waals surface area contributed by atoms with E-state index in [9.17, 15) is 9.90 Å². The highest BCUT2D eigenvalue weighted by molar-refractivity contribution is 7.99. The molecule has 0 aliphatic carbocycles. The SMILES string of the molecule is O=c1c2ccccc2nc(SCC(O)c2ccc(Cl)cc2)n1-c1ccccc1. The Bertz CT molecular complexity index is 1160. The number of halogens is 1. The number of hydrogen-bond acceptors (Lipinski definition) is 4. The molecule has 6 heteroatoms. The molecule has 0 aliphatic heterocycles. The van der Waals surface area contributed by atoms with E-state index in [1.165, 1.54) is 11.8 Å². The Labute approximate surface area is 171 Å². The average Bonchev–Trinajstić information content (AvgIpc) is 2.73. The van der Waals surface area contributed by atoms with Gasteiger partial charge in [-0.1, -0.05) is 65.8 Å². The molecule has 4 rings (SSSR count). The first-order valence-electron chi connectivity index (χ1n) is 8.77. The number of thioether (sulfide) groups is 1. The maximum Gasteiger partial charge on any atom is 0.266 e. The molecule has 0 saturated carbocycles. The van der Waals surface area contributed by atoms with Crippen LogP contribution < -0.4 is 5.56 Å². The molecular formula is C22H17ClN2O2S. The zero-order valence-electron chi connectivity index (χ0n) is 14.8. The van der Waals surface area contributed by atoms with Gasteiger partial charge in [0.25, 0.3) is 5.56 Å². The fraction of sp³-hybridized carbons (Fsp3) is 0.0909. The second kappa shape index (κ2) is 8.19. The Morgan fingerprint density at radius 1 is 0.964 bits per heavy atom. The van der Waals surface area contributed by atoms with Crippen LogP contribution in [0.5, 0.6) is 0 Å². The quantitative estimate of drug-likeness (QED) is 0.378. The summed E-state index contributed by atoms with van der Waals surface area (Å²) < 4.78 is 1.60. The van der Waals surface area contributed by atoms with E-state index in [0.717, 1.165) is 11.3 Å². The minimum atomic E-state index is -0.699. The Balaban J connectivity index is 1.73. The number of nitrogens with zero attached hydrogens (tertiary/aromatic N) is 2. The first-order valence-corrected chi connectivity index (χ1v) is 10.1. The van der Waals surface area contributed by atoms with E-state index in [-0.39, 0.29) is 5.56 Å². The monoisotopic (exact) mass is 408 g/mol. The Morgan fingerprint density at radius 3 is 2.39 bits per heavy atom. The van der Waals surface area contributed by atoms with Crippen LogP contribution in [0.2, 0.25) is 5.02 Å². The molecule has 0 amide bonds. The van der Waals surface area contributed by atoms with Crippen LogP contribution in [-0.2, 0) is 0 Å². The summed E-state index contributed by atoms with van der Waals surface area (Å²) in [6, 6.07) is 23.8. The number of aliphatic hydroxyl groups excluding tert-OH is 1. The molecule has 1 atom stereocenters. The summed E-state index contributed by atoms with van der Waals surface area (Å²) in [7, 11) is 0. The van der Waals surface area contributed by atoms with Gasteiger partial charge >= 0.3 is 0 Å². The van der Waals surface area contributed by atoms with E-state index in [0.29, 0.717) is 26.8 Å². The fourth-order valence-corrected chi connectivity index (χ4v) is 4.05. The zero-order valence-corrected chi connectivity index (χ0v) is 16.4. The molecule has 0 bridgehead atoms. The van der Waals surface area contributed by atoms with Crippen molar-refractivity contribution in [3.63, 3.8) is 0 Å². The van der Waals surface area contributed by atoms with Crippen molar-refractivity contribution in [3.05, 3.63) is 99.8 Å². The molecule has 1 N–H and O–H groups in total. The van der Waals surface area contributed by atoms with Gasteiger partial charge in [0.05, 0.1) is 22.7 Å². The lowest BCUT2D eigenvalue weighted by Gasteiger charge is -2.15. The lowest BCUT2D eigenvalue weighted by molar-refractivity contribution is 0.204. The third-order valence-electron chi connectivity index (χ3n) is 4.38. The van der Waals surface area contributed by atoms with Crippen LogP contribution in [-0.4, -0.2) is 20.4 Å². The van der Waals surface area contributed by atoms with Gasteiger partial charge in [-0.2, -0.15) is 0 Å². The second-order valence-electron chi connectivity index (χ2n) is 6.27. The number of aliphatic hydroxyl groups is 1. The predicted molar refractivity (Wildman–Crippen MR) is 114 cm³/mol. The molecule has 0 aliphatic rings. The third kappa shape index (κ3) is 3.83. The number of hydrogen-bond donors (Lipinski definition) is 1. The summed E-state index contributed by atoms with van der Waals surface area (Å²) in [6.45, 7) is 0. The molecule has 0 saturated heterocycles. The summed E-state index contributed by atoms with van der Waals surface area (Å²) in [5.74, 6) is 0.360. The number of para-hydroxylation sites is 2. The first kappa shape index (κ1) is 18.7. The van der Waals surface area contributed by atoms with E-state index >= 15 is 0 Å². The molecule has 4 aromatic rings. The Morgan fingerprint density at radius 2 is 1.64 bits per heavy atom. The normalized spacial score (nSPS) is 12.2. The molecule has 3 aromatic carbocycles. The summed E-state index contributed by atoms with van der Waals surface area (Å²) in [5.41, 5.74) is 2.03. The summed E-state index contributed by atoms with van der Waals surface area (Å²) in [5, 5.41) is 12.3. The molecule has 0 radical (unpaired) electrons. The maximum atomic E-state index is 13.1. The molecule has 1 heterocycles. The number of rotatable bonds is 5. The van der Waals surface area contributed by atoms with Crippen molar-refractivity contribution in [2.24, 2.45) is 0 Å². The van der Waals surface area contributed by atoms with Crippen LogP contribution >= 0.6 is 23.4 Å². The number of benzene rings is 3. The van der Waals surface area contributed by atoms with Crippen molar-refractivity contribution < 1.29 is 5.11 Å². The van der Waals surface area contributed by atoms with Gasteiger partial charge in [-0.25, -0.2) is 4.98 Å². The van der Waals surface area contributed by atoms with Gasteiger partial charge in [0.15, 0.2) is 5.16 Å². The summed E-state index contributed by atoms with van der Waals surface area (Å²) in [4.78, 5) is 17.8. The highest BCUT2D eigenvalue weighted by Crippen LogP contribution is 2.26. The van der Waals surface area contributed by atoms with Crippen molar-refractivity contribution in [3.8, 4) is 5.69 Å². The Hall–Kier alpha value is -2.60. The van der Waals surface area contributed by atoms with Crippen LogP contribution in [0.15, 0.2) is 88.8 Å². The molecule has 0 spiro atoms. The van der Waals surface area contributed by atoms with E-state index in [1.807, 2.05) is 48.5 Å². The smallest absolute Gasteiger partial charge is 0.266 e. The van der Waals surface area contributed by atoms with Gasteiger partial charge in [-0.3, -0.25) is 9.36 Å². The summed E-state index contributed by atoms with van der Waals surface area (Å²) >= 11 is 7.26. The van der Waals surface area contributed by atoms with Gasteiger partial charge in [0.1, 0.15) is 0 Å². The van der Waals surface area contributed by atoms with E-state index in [1.54, 1.807) is 34.9 Å². The van der Waals surface area contributed by atoms with Gasteiger partial charge in [0, 0.05) is 10.8 Å². The van der Waals surface area contributed by atoms with E-state index in [2.05, 4.69) is 4.98 Å². The average molecular weight is 409 g/mol. The first-order chi connectivity index (χ1) is 13.6. The molecule has 140 valence electrons. The maximum absolute atomic E-state index is 13.1. The van der Waals surface area contributed by atoms with Gasteiger partial charge in [-0.15, -0.1) is 0 Å². The predicted octanol–water partition coefficient (Wildman–Crippen LogP) is 4.86. The second-order valence-corrected chi connectivity index (χ2v) is 7.69. The van der Waals surface area contributed by atoms with Crippen LogP contribution in [0, 0.1) is 0 Å². The highest BCUT2D eigenvalue weighted by Gasteiger charge is 2.15. The highest BCUT2D eigenvalue weighted by atomic mass is 35.5. The van der Waals surface area contributed by atoms with Gasteiger partial charge in [-0.05, 0) is 42.0 Å². The third-order valence-corrected chi connectivity index (χ3v) is 5.65. The van der Waals surface area contributed by atoms with Gasteiger partial charge in [0.2, 0.25) is 0 Å². The molecular weight excluding hydrogens is 392 g/mol. The molecule has 0 fully saturated rings. The Kier molecular flexibility index (Phi) is 5.48. The molecule has 4 nitrogen and oxygen atoms in total. The van der Waals surface area contributed by atoms with Gasteiger partial charge < -0.3 is 5.11 Å². The van der Waals surface area contributed by atoms with Crippen molar-refractivity contribution in [1.82, 2.24) is 9.55 Å². The van der Waals surface area contributed by atoms with Crippen molar-refractivity contribution >= 4 is 34.3 Å². The lowest BCUT2D eigenvalue weighted by Crippen LogP contribution is -2.22. The fourth-order valence-electron chi connectivity index (χ4n) is 2.95. The van der Waals surface area contributed by atoms with Crippen LogP contribution in [0.3, 0.4) is 0 Å². The van der Waals surface area contributed by atoms with Crippen molar-refractivity contribution in [2.75, 3.05) is 5.75 Å². The van der Waals surface area contributed by atoms with Crippen molar-refractivity contribution in [2.45, 2.75) is 11.3 Å². The van der Waals surface area contributed by atoms with Crippen LogP contribution in [0.4, 0.5) is 0 Å². The lowest BCUT2D eigenvalue weighted by atomic mass is 10.1. The standard InChI is InChI=1S/C22H17ClN2O2S/c23-16-12-10-15(11-13-16)20(26)14-28-22-24-19-9-5-4-8-18(19)21(27)25(22)17-6-2-1-3-7-17/h1-13,20,26H,14H2. The van der Waals surface area contributed by atoms with Crippen LogP contribution in [0.25, 0.3) is 16.6 Å².